The third-order valence-corrected chi connectivity index (χ3v) is 3.78. The van der Waals surface area contributed by atoms with Gasteiger partial charge in [0.15, 0.2) is 0 Å². The Morgan fingerprint density at radius 2 is 1.76 bits per heavy atom. The zero-order valence-electron chi connectivity index (χ0n) is 12.2. The summed E-state index contributed by atoms with van der Waals surface area (Å²) < 4.78 is 0. The van der Waals surface area contributed by atoms with Crippen LogP contribution in [0.1, 0.15) is 12.5 Å². The number of carbonyl (C=O) groups excluding carboxylic acids is 1. The van der Waals surface area contributed by atoms with Crippen molar-refractivity contribution in [3.8, 4) is 0 Å². The fourth-order valence-corrected chi connectivity index (χ4v) is 2.19. The number of anilines is 1. The van der Waals surface area contributed by atoms with E-state index in [1.165, 1.54) is 5.56 Å². The van der Waals surface area contributed by atoms with Crippen molar-refractivity contribution in [3.05, 3.63) is 65.2 Å². The van der Waals surface area contributed by atoms with Gasteiger partial charge in [0.1, 0.15) is 0 Å². The molecule has 2 aromatic carbocycles. The quantitative estimate of drug-likeness (QED) is 0.911. The van der Waals surface area contributed by atoms with Crippen LogP contribution in [0.25, 0.3) is 0 Å². The van der Waals surface area contributed by atoms with Gasteiger partial charge in [0, 0.05) is 6.54 Å². The van der Waals surface area contributed by atoms with Crippen molar-refractivity contribution in [1.29, 1.82) is 0 Å². The topological polar surface area (TPSA) is 32.3 Å². The fourth-order valence-electron chi connectivity index (χ4n) is 2.01. The zero-order chi connectivity index (χ0) is 15.2. The number of halogens is 1. The predicted octanol–water partition coefficient (Wildman–Crippen LogP) is 3.80. The first-order valence-corrected chi connectivity index (χ1v) is 7.25. The van der Waals surface area contributed by atoms with E-state index in [0.29, 0.717) is 10.7 Å². The fraction of sp³-hybridized carbons (Fsp3) is 0.235. The van der Waals surface area contributed by atoms with Gasteiger partial charge in [-0.3, -0.25) is 9.69 Å². The number of amides is 1. The molecule has 0 saturated heterocycles. The van der Waals surface area contributed by atoms with E-state index in [9.17, 15) is 4.79 Å². The van der Waals surface area contributed by atoms with E-state index in [2.05, 4.69) is 17.4 Å². The molecule has 0 radical (unpaired) electrons. The Labute approximate surface area is 130 Å². The van der Waals surface area contributed by atoms with Crippen LogP contribution in [0.4, 0.5) is 5.69 Å². The smallest absolute Gasteiger partial charge is 0.241 e. The molecule has 0 fully saturated rings. The molecular weight excluding hydrogens is 284 g/mol. The van der Waals surface area contributed by atoms with E-state index in [1.807, 2.05) is 49.2 Å². The minimum absolute atomic E-state index is 0.0680. The van der Waals surface area contributed by atoms with Gasteiger partial charge in [-0.1, -0.05) is 54.1 Å². The highest BCUT2D eigenvalue weighted by atomic mass is 35.5. The number of hydrogen-bond acceptors (Lipinski definition) is 2. The average Bonchev–Trinajstić information content (AvgIpc) is 2.49. The normalized spacial score (nSPS) is 12.2. The van der Waals surface area contributed by atoms with Crippen LogP contribution in [0.3, 0.4) is 0 Å². The van der Waals surface area contributed by atoms with Crippen molar-refractivity contribution in [3.63, 3.8) is 0 Å². The Balaban J connectivity index is 1.97. The molecule has 0 unspecified atom stereocenters. The summed E-state index contributed by atoms with van der Waals surface area (Å²) in [6.45, 7) is 2.60. The molecule has 2 rings (SSSR count). The first-order valence-electron chi connectivity index (χ1n) is 6.87. The van der Waals surface area contributed by atoms with Crippen molar-refractivity contribution in [2.24, 2.45) is 0 Å². The van der Waals surface area contributed by atoms with Crippen LogP contribution in [0.5, 0.6) is 0 Å². The molecule has 0 aliphatic heterocycles. The van der Waals surface area contributed by atoms with Crippen LogP contribution in [0.2, 0.25) is 5.02 Å². The second kappa shape index (κ2) is 7.25. The summed E-state index contributed by atoms with van der Waals surface area (Å²) in [7, 11) is 1.93. The third-order valence-electron chi connectivity index (χ3n) is 3.45. The van der Waals surface area contributed by atoms with Crippen molar-refractivity contribution >= 4 is 23.2 Å². The highest BCUT2D eigenvalue weighted by Gasteiger charge is 2.18. The molecule has 0 aromatic heterocycles. The molecule has 0 aliphatic rings. The maximum absolute atomic E-state index is 12.3. The average molecular weight is 303 g/mol. The summed E-state index contributed by atoms with van der Waals surface area (Å²) in [5.41, 5.74) is 1.82. The van der Waals surface area contributed by atoms with Gasteiger partial charge in [0.25, 0.3) is 0 Å². The summed E-state index contributed by atoms with van der Waals surface area (Å²) in [5, 5.41) is 3.41. The van der Waals surface area contributed by atoms with E-state index < -0.39 is 0 Å². The molecule has 1 atom stereocenters. The van der Waals surface area contributed by atoms with Crippen LogP contribution < -0.4 is 5.32 Å². The highest BCUT2D eigenvalue weighted by molar-refractivity contribution is 6.33. The maximum Gasteiger partial charge on any atom is 0.241 e. The van der Waals surface area contributed by atoms with Gasteiger partial charge in [-0.25, -0.2) is 0 Å². The number of rotatable bonds is 5. The standard InChI is InChI=1S/C17H19ClN2O/c1-13(20(2)12-14-8-4-3-5-9-14)17(21)19-16-11-7-6-10-15(16)18/h3-11,13H,12H2,1-2H3,(H,19,21)/t13-/m1/s1. The first-order chi connectivity index (χ1) is 10.1. The summed E-state index contributed by atoms with van der Waals surface area (Å²) in [6.07, 6.45) is 0. The number of benzene rings is 2. The van der Waals surface area contributed by atoms with Gasteiger partial charge in [0.2, 0.25) is 5.91 Å². The Hall–Kier alpha value is -1.84. The lowest BCUT2D eigenvalue weighted by molar-refractivity contribution is -0.120. The molecule has 1 amide bonds. The van der Waals surface area contributed by atoms with E-state index in [4.69, 9.17) is 11.6 Å². The minimum Gasteiger partial charge on any atom is -0.323 e. The number of hydrogen-bond donors (Lipinski definition) is 1. The molecule has 1 N–H and O–H groups in total. The van der Waals surface area contributed by atoms with Crippen LogP contribution >= 0.6 is 11.6 Å². The van der Waals surface area contributed by atoms with Crippen LogP contribution in [0, 0.1) is 0 Å². The summed E-state index contributed by atoms with van der Waals surface area (Å²) >= 11 is 6.05. The van der Waals surface area contributed by atoms with Crippen LogP contribution in [-0.2, 0) is 11.3 Å². The number of carbonyl (C=O) groups is 1. The predicted molar refractivity (Wildman–Crippen MR) is 87.5 cm³/mol. The number of likely N-dealkylation sites (N-methyl/N-ethyl adjacent to an activating group) is 1. The molecule has 110 valence electrons. The molecule has 21 heavy (non-hydrogen) atoms. The Bertz CT molecular complexity index is 601. The second-order valence-electron chi connectivity index (χ2n) is 5.05. The zero-order valence-corrected chi connectivity index (χ0v) is 13.0. The van der Waals surface area contributed by atoms with Crippen molar-refractivity contribution in [2.75, 3.05) is 12.4 Å². The monoisotopic (exact) mass is 302 g/mol. The largest absolute Gasteiger partial charge is 0.323 e. The molecule has 0 spiro atoms. The maximum atomic E-state index is 12.3. The van der Waals surface area contributed by atoms with E-state index >= 15 is 0 Å². The molecule has 0 aliphatic carbocycles. The highest BCUT2D eigenvalue weighted by Crippen LogP contribution is 2.21. The molecule has 0 heterocycles. The van der Waals surface area contributed by atoms with Crippen LogP contribution in [-0.4, -0.2) is 23.9 Å². The number of nitrogens with zero attached hydrogens (tertiary/aromatic N) is 1. The second-order valence-corrected chi connectivity index (χ2v) is 5.45. The Kier molecular flexibility index (Phi) is 5.37. The van der Waals surface area contributed by atoms with E-state index in [-0.39, 0.29) is 11.9 Å². The third kappa shape index (κ3) is 4.31. The van der Waals surface area contributed by atoms with Gasteiger partial charge in [-0.2, -0.15) is 0 Å². The van der Waals surface area contributed by atoms with Crippen molar-refractivity contribution in [2.45, 2.75) is 19.5 Å². The van der Waals surface area contributed by atoms with Gasteiger partial charge in [-0.15, -0.1) is 0 Å². The Morgan fingerprint density at radius 1 is 1.14 bits per heavy atom. The van der Waals surface area contributed by atoms with Crippen molar-refractivity contribution < 1.29 is 4.79 Å². The SMILES string of the molecule is C[C@H](C(=O)Nc1ccccc1Cl)N(C)Cc1ccccc1. The molecule has 4 heteroatoms. The molecule has 0 saturated carbocycles. The Morgan fingerprint density at radius 3 is 2.43 bits per heavy atom. The van der Waals surface area contributed by atoms with Crippen molar-refractivity contribution in [1.82, 2.24) is 4.90 Å². The lowest BCUT2D eigenvalue weighted by Gasteiger charge is -2.24. The molecular formula is C17H19ClN2O. The number of para-hydroxylation sites is 1. The lowest BCUT2D eigenvalue weighted by Crippen LogP contribution is -2.39. The van der Waals surface area contributed by atoms with Gasteiger partial charge in [0.05, 0.1) is 16.8 Å². The first kappa shape index (κ1) is 15.5. The summed E-state index contributed by atoms with van der Waals surface area (Å²) in [5.74, 6) is -0.0680. The summed E-state index contributed by atoms with van der Waals surface area (Å²) in [6, 6.07) is 17.1. The van der Waals surface area contributed by atoms with E-state index in [1.54, 1.807) is 12.1 Å². The number of nitrogens with one attached hydrogen (secondary N) is 1. The van der Waals surface area contributed by atoms with Gasteiger partial charge < -0.3 is 5.32 Å². The lowest BCUT2D eigenvalue weighted by atomic mass is 10.2. The molecule has 0 bridgehead atoms. The summed E-state index contributed by atoms with van der Waals surface area (Å²) in [4.78, 5) is 14.3. The minimum atomic E-state index is -0.249. The van der Waals surface area contributed by atoms with Crippen LogP contribution in [0.15, 0.2) is 54.6 Å². The molecule has 2 aromatic rings. The van der Waals surface area contributed by atoms with Gasteiger partial charge >= 0.3 is 0 Å². The van der Waals surface area contributed by atoms with Gasteiger partial charge in [-0.05, 0) is 31.7 Å². The molecule has 3 nitrogen and oxygen atoms in total. The van der Waals surface area contributed by atoms with E-state index in [0.717, 1.165) is 6.54 Å².